The third kappa shape index (κ3) is 1.74. The van der Waals surface area contributed by atoms with Gasteiger partial charge in [-0.3, -0.25) is 4.84 Å². The van der Waals surface area contributed by atoms with Crippen LogP contribution < -0.4 is 10.7 Å². The standard InChI is InChI=1S/C17H21N3OS/c1-19-17(11-12-2-4-14(17)5-3-12)21-18-20(19)15-6-7-16-13(10-15)8-9-22-16/h6-10,12,14,18H,2-5,11H2,1H3/t12?,14?,17-/m1/s1. The minimum Gasteiger partial charge on any atom is -0.256 e. The van der Waals surface area contributed by atoms with Gasteiger partial charge in [0.15, 0.2) is 5.72 Å². The van der Waals surface area contributed by atoms with Crippen molar-refractivity contribution >= 4 is 27.1 Å². The highest BCUT2D eigenvalue weighted by atomic mass is 32.1. The van der Waals surface area contributed by atoms with E-state index in [1.54, 1.807) is 11.3 Å². The molecule has 22 heavy (non-hydrogen) atoms. The molecule has 1 atom stereocenters. The fourth-order valence-corrected chi connectivity index (χ4v) is 5.42. The maximum Gasteiger partial charge on any atom is 0.165 e. The number of hydrogen-bond donors (Lipinski definition) is 1. The lowest BCUT2D eigenvalue weighted by Gasteiger charge is -2.50. The highest BCUT2D eigenvalue weighted by Gasteiger charge is 2.56. The molecule has 4 fully saturated rings. The molecule has 0 radical (unpaired) electrons. The number of fused-ring (bicyclic) bond motifs is 3. The molecule has 1 spiro atoms. The van der Waals surface area contributed by atoms with Gasteiger partial charge in [-0.2, -0.15) is 5.01 Å². The van der Waals surface area contributed by atoms with Gasteiger partial charge in [0.05, 0.1) is 5.69 Å². The Hall–Kier alpha value is -1.14. The average Bonchev–Trinajstić information content (AvgIpc) is 3.14. The number of nitrogens with one attached hydrogen (secondary N) is 1. The molecule has 1 aliphatic heterocycles. The van der Waals surface area contributed by atoms with Crippen LogP contribution in [0.1, 0.15) is 32.1 Å². The van der Waals surface area contributed by atoms with Crippen LogP contribution in [0, 0.1) is 11.8 Å². The fourth-order valence-electron chi connectivity index (χ4n) is 4.65. The first-order valence-corrected chi connectivity index (χ1v) is 9.09. The van der Waals surface area contributed by atoms with Crippen molar-refractivity contribution < 1.29 is 4.84 Å². The molecule has 6 rings (SSSR count). The Labute approximate surface area is 134 Å². The van der Waals surface area contributed by atoms with E-state index in [2.05, 4.69) is 52.4 Å². The van der Waals surface area contributed by atoms with E-state index in [4.69, 9.17) is 4.84 Å². The minimum absolute atomic E-state index is 0.148. The molecule has 116 valence electrons. The molecule has 4 aliphatic rings. The van der Waals surface area contributed by atoms with Gasteiger partial charge in [0, 0.05) is 17.7 Å². The summed E-state index contributed by atoms with van der Waals surface area (Å²) < 4.78 is 1.33. The summed E-state index contributed by atoms with van der Waals surface area (Å²) >= 11 is 1.79. The van der Waals surface area contributed by atoms with E-state index in [0.29, 0.717) is 5.92 Å². The first-order chi connectivity index (χ1) is 10.8. The molecule has 1 saturated heterocycles. The second-order valence-electron chi connectivity index (χ2n) is 6.94. The monoisotopic (exact) mass is 315 g/mol. The van der Waals surface area contributed by atoms with Gasteiger partial charge in [-0.25, -0.2) is 5.12 Å². The first kappa shape index (κ1) is 13.3. The van der Waals surface area contributed by atoms with Gasteiger partial charge in [0.1, 0.15) is 0 Å². The highest BCUT2D eigenvalue weighted by Crippen LogP contribution is 2.52. The van der Waals surface area contributed by atoms with Crippen LogP contribution in [-0.2, 0) is 4.84 Å². The van der Waals surface area contributed by atoms with Gasteiger partial charge >= 0.3 is 0 Å². The summed E-state index contributed by atoms with van der Waals surface area (Å²) in [5.74, 6) is 1.47. The second-order valence-corrected chi connectivity index (χ2v) is 7.89. The Morgan fingerprint density at radius 1 is 1.23 bits per heavy atom. The average molecular weight is 315 g/mol. The smallest absolute Gasteiger partial charge is 0.165 e. The van der Waals surface area contributed by atoms with Crippen molar-refractivity contribution in [2.45, 2.75) is 37.8 Å². The van der Waals surface area contributed by atoms with Gasteiger partial charge in [-0.15, -0.1) is 11.3 Å². The van der Waals surface area contributed by atoms with Gasteiger partial charge in [0.25, 0.3) is 0 Å². The third-order valence-electron chi connectivity index (χ3n) is 5.90. The fraction of sp³-hybridized carbons (Fsp3) is 0.529. The maximum absolute atomic E-state index is 6.19. The van der Waals surface area contributed by atoms with E-state index >= 15 is 0 Å². The molecular formula is C17H21N3OS. The Bertz CT molecular complexity index is 709. The van der Waals surface area contributed by atoms with Crippen molar-refractivity contribution in [3.05, 3.63) is 29.6 Å². The Balaban J connectivity index is 1.49. The SMILES string of the molecule is CN1N(c2ccc3sccc3c2)NO[C@@]12CC1CCC2CC1. The quantitative estimate of drug-likeness (QED) is 0.863. The zero-order chi connectivity index (χ0) is 14.7. The molecule has 4 nitrogen and oxygen atoms in total. The van der Waals surface area contributed by atoms with Crippen LogP contribution in [0.25, 0.3) is 10.1 Å². The predicted octanol–water partition coefficient (Wildman–Crippen LogP) is 3.91. The molecule has 3 saturated carbocycles. The van der Waals surface area contributed by atoms with Crippen LogP contribution >= 0.6 is 11.3 Å². The molecule has 2 bridgehead atoms. The predicted molar refractivity (Wildman–Crippen MR) is 89.1 cm³/mol. The molecule has 1 aromatic heterocycles. The zero-order valence-electron chi connectivity index (χ0n) is 12.8. The Morgan fingerprint density at radius 2 is 2.09 bits per heavy atom. The molecule has 0 unspecified atom stereocenters. The van der Waals surface area contributed by atoms with Crippen LogP contribution in [0.4, 0.5) is 5.69 Å². The van der Waals surface area contributed by atoms with Crippen molar-refractivity contribution in [2.24, 2.45) is 11.8 Å². The summed E-state index contributed by atoms with van der Waals surface area (Å²) in [7, 11) is 2.17. The largest absolute Gasteiger partial charge is 0.256 e. The van der Waals surface area contributed by atoms with Crippen molar-refractivity contribution in [3.63, 3.8) is 0 Å². The normalized spacial score (nSPS) is 35.0. The Morgan fingerprint density at radius 3 is 2.86 bits per heavy atom. The highest BCUT2D eigenvalue weighted by molar-refractivity contribution is 7.17. The Kier molecular flexibility index (Phi) is 2.83. The van der Waals surface area contributed by atoms with Crippen LogP contribution in [0.15, 0.2) is 29.6 Å². The summed E-state index contributed by atoms with van der Waals surface area (Å²) in [5.41, 5.74) is 4.18. The number of anilines is 1. The number of hydrogen-bond acceptors (Lipinski definition) is 5. The lowest BCUT2D eigenvalue weighted by atomic mass is 9.65. The van der Waals surface area contributed by atoms with Gasteiger partial charge in [0.2, 0.25) is 0 Å². The molecule has 2 heterocycles. The minimum atomic E-state index is -0.148. The van der Waals surface area contributed by atoms with E-state index < -0.39 is 0 Å². The summed E-state index contributed by atoms with van der Waals surface area (Å²) in [4.78, 5) is 6.19. The summed E-state index contributed by atoms with van der Waals surface area (Å²) in [6, 6.07) is 8.78. The van der Waals surface area contributed by atoms with Crippen LogP contribution in [-0.4, -0.2) is 17.8 Å². The van der Waals surface area contributed by atoms with E-state index in [0.717, 1.165) is 18.0 Å². The summed E-state index contributed by atoms with van der Waals surface area (Å²) in [6.07, 6.45) is 6.51. The number of nitrogens with zero attached hydrogens (tertiary/aromatic N) is 2. The zero-order valence-corrected chi connectivity index (χ0v) is 13.6. The summed E-state index contributed by atoms with van der Waals surface area (Å²) in [6.45, 7) is 0. The van der Waals surface area contributed by atoms with Crippen molar-refractivity contribution in [3.8, 4) is 0 Å². The molecular weight excluding hydrogens is 294 g/mol. The van der Waals surface area contributed by atoms with Crippen LogP contribution in [0.3, 0.4) is 0 Å². The summed E-state index contributed by atoms with van der Waals surface area (Å²) in [5, 5.41) is 7.82. The lowest BCUT2D eigenvalue weighted by Crippen LogP contribution is -2.58. The van der Waals surface area contributed by atoms with E-state index in [-0.39, 0.29) is 5.72 Å². The van der Waals surface area contributed by atoms with Gasteiger partial charge in [-0.05, 0) is 73.1 Å². The molecule has 0 amide bonds. The molecule has 3 aliphatic carbocycles. The third-order valence-corrected chi connectivity index (χ3v) is 6.80. The van der Waals surface area contributed by atoms with Crippen LogP contribution in [0.2, 0.25) is 0 Å². The number of benzene rings is 1. The van der Waals surface area contributed by atoms with Gasteiger partial charge < -0.3 is 0 Å². The molecule has 1 aromatic carbocycles. The maximum atomic E-state index is 6.19. The molecule has 1 N–H and O–H groups in total. The topological polar surface area (TPSA) is 27.7 Å². The van der Waals surface area contributed by atoms with E-state index in [1.807, 2.05) is 0 Å². The van der Waals surface area contributed by atoms with Crippen molar-refractivity contribution in [2.75, 3.05) is 12.2 Å². The van der Waals surface area contributed by atoms with Crippen LogP contribution in [0.5, 0.6) is 0 Å². The van der Waals surface area contributed by atoms with E-state index in [1.165, 1.54) is 35.8 Å². The number of rotatable bonds is 1. The van der Waals surface area contributed by atoms with Gasteiger partial charge in [-0.1, -0.05) is 5.59 Å². The number of thiophene rings is 1. The second kappa shape index (κ2) is 4.68. The number of hydrazine groups is 2. The van der Waals surface area contributed by atoms with Crippen molar-refractivity contribution in [1.29, 1.82) is 0 Å². The van der Waals surface area contributed by atoms with E-state index in [9.17, 15) is 0 Å². The first-order valence-electron chi connectivity index (χ1n) is 8.21. The lowest BCUT2D eigenvalue weighted by molar-refractivity contribution is -0.193. The molecule has 2 aromatic rings. The molecule has 5 heteroatoms. The van der Waals surface area contributed by atoms with Crippen molar-refractivity contribution in [1.82, 2.24) is 10.6 Å².